The maximum Gasteiger partial charge on any atom is 0.494 e. The monoisotopic (exact) mass is 379 g/mol. The lowest BCUT2D eigenvalue weighted by molar-refractivity contribution is 0.00578. The first kappa shape index (κ1) is 21.1. The van der Waals surface area contributed by atoms with Crippen molar-refractivity contribution in [2.24, 2.45) is 0 Å². The van der Waals surface area contributed by atoms with E-state index in [1.54, 1.807) is 0 Å². The zero-order valence-electron chi connectivity index (χ0n) is 18.2. The van der Waals surface area contributed by atoms with Gasteiger partial charge >= 0.3 is 7.12 Å². The summed E-state index contributed by atoms with van der Waals surface area (Å²) >= 11 is 0. The van der Waals surface area contributed by atoms with Crippen molar-refractivity contribution in [1.82, 2.24) is 4.90 Å². The highest BCUT2D eigenvalue weighted by atomic mass is 16.7. The fourth-order valence-corrected chi connectivity index (χ4v) is 3.50. The van der Waals surface area contributed by atoms with Crippen LogP contribution in [0.3, 0.4) is 0 Å². The summed E-state index contributed by atoms with van der Waals surface area (Å²) in [6, 6.07) is 19.9. The molecule has 3 nitrogen and oxygen atoms in total. The van der Waals surface area contributed by atoms with Gasteiger partial charge in [0.25, 0.3) is 0 Å². The summed E-state index contributed by atoms with van der Waals surface area (Å²) in [4.78, 5) is 2.54. The van der Waals surface area contributed by atoms with Gasteiger partial charge in [-0.2, -0.15) is 0 Å². The quantitative estimate of drug-likeness (QED) is 0.646. The Morgan fingerprint density at radius 3 is 2.04 bits per heavy atom. The highest BCUT2D eigenvalue weighted by Crippen LogP contribution is 2.36. The molecule has 1 aliphatic rings. The van der Waals surface area contributed by atoms with E-state index in [2.05, 4.69) is 101 Å². The third kappa shape index (κ3) is 4.68. The van der Waals surface area contributed by atoms with Crippen LogP contribution in [0.4, 0.5) is 0 Å². The standard InChI is InChI=1S/C24H34BNO2/c1-7-19(2)26(17-20-12-9-8-10-13-20)18-21-14-11-15-22(16-21)25-27-23(3,4)24(5,6)28-25/h8-16,19H,7,17-18H2,1-6H3/t19-/m0/s1. The predicted molar refractivity (Wildman–Crippen MR) is 118 cm³/mol. The first-order chi connectivity index (χ1) is 13.2. The molecule has 0 N–H and O–H groups in total. The molecule has 0 radical (unpaired) electrons. The smallest absolute Gasteiger partial charge is 0.399 e. The van der Waals surface area contributed by atoms with Gasteiger partial charge in [0.15, 0.2) is 0 Å². The Hall–Kier alpha value is -1.62. The largest absolute Gasteiger partial charge is 0.494 e. The second-order valence-electron chi connectivity index (χ2n) is 8.98. The Kier molecular flexibility index (Phi) is 6.33. The first-order valence-corrected chi connectivity index (χ1v) is 10.4. The van der Waals surface area contributed by atoms with Crippen molar-refractivity contribution in [2.75, 3.05) is 0 Å². The minimum atomic E-state index is -0.316. The Balaban J connectivity index is 1.77. The van der Waals surface area contributed by atoms with Gasteiger partial charge in [-0.3, -0.25) is 4.90 Å². The van der Waals surface area contributed by atoms with E-state index in [9.17, 15) is 0 Å². The molecule has 0 saturated carbocycles. The van der Waals surface area contributed by atoms with E-state index in [1.807, 2.05) is 0 Å². The molecule has 1 aliphatic heterocycles. The number of rotatable bonds is 7. The maximum absolute atomic E-state index is 6.24. The van der Waals surface area contributed by atoms with Gasteiger partial charge in [-0.25, -0.2) is 0 Å². The van der Waals surface area contributed by atoms with Gasteiger partial charge < -0.3 is 9.31 Å². The molecule has 1 fully saturated rings. The molecule has 0 unspecified atom stereocenters. The van der Waals surface area contributed by atoms with E-state index in [1.165, 1.54) is 11.1 Å². The number of hydrogen-bond acceptors (Lipinski definition) is 3. The van der Waals surface area contributed by atoms with Crippen LogP contribution in [-0.2, 0) is 22.4 Å². The second-order valence-corrected chi connectivity index (χ2v) is 8.98. The molecule has 28 heavy (non-hydrogen) atoms. The number of nitrogens with zero attached hydrogens (tertiary/aromatic N) is 1. The Morgan fingerprint density at radius 1 is 0.857 bits per heavy atom. The van der Waals surface area contributed by atoms with Crippen LogP contribution in [0, 0.1) is 0 Å². The summed E-state index contributed by atoms with van der Waals surface area (Å²) in [6.45, 7) is 14.8. The molecule has 0 spiro atoms. The summed E-state index contributed by atoms with van der Waals surface area (Å²) in [5.74, 6) is 0. The summed E-state index contributed by atoms with van der Waals surface area (Å²) in [5.41, 5.74) is 3.11. The molecule has 2 aromatic carbocycles. The highest BCUT2D eigenvalue weighted by Gasteiger charge is 2.51. The van der Waals surface area contributed by atoms with Crippen molar-refractivity contribution in [1.29, 1.82) is 0 Å². The summed E-state index contributed by atoms with van der Waals surface area (Å²) in [6.07, 6.45) is 1.13. The van der Waals surface area contributed by atoms with E-state index < -0.39 is 0 Å². The Bertz CT molecular complexity index is 759. The van der Waals surface area contributed by atoms with Crippen LogP contribution in [0.5, 0.6) is 0 Å². The normalized spacial score (nSPS) is 19.2. The fourth-order valence-electron chi connectivity index (χ4n) is 3.50. The topological polar surface area (TPSA) is 21.7 Å². The van der Waals surface area contributed by atoms with Crippen LogP contribution in [0.15, 0.2) is 54.6 Å². The molecular formula is C24H34BNO2. The van der Waals surface area contributed by atoms with Crippen molar-refractivity contribution in [3.8, 4) is 0 Å². The van der Waals surface area contributed by atoms with Crippen molar-refractivity contribution >= 4 is 12.6 Å². The van der Waals surface area contributed by atoms with Crippen molar-refractivity contribution in [3.63, 3.8) is 0 Å². The molecule has 4 heteroatoms. The van der Waals surface area contributed by atoms with Crippen LogP contribution in [0.25, 0.3) is 0 Å². The molecular weight excluding hydrogens is 345 g/mol. The molecule has 1 saturated heterocycles. The minimum absolute atomic E-state index is 0.309. The lowest BCUT2D eigenvalue weighted by atomic mass is 9.78. The van der Waals surface area contributed by atoms with E-state index in [0.29, 0.717) is 6.04 Å². The summed E-state index contributed by atoms with van der Waals surface area (Å²) < 4.78 is 12.5. The summed E-state index contributed by atoms with van der Waals surface area (Å²) in [5, 5.41) is 0. The van der Waals surface area contributed by atoms with Gasteiger partial charge in [0, 0.05) is 19.1 Å². The molecule has 0 aliphatic carbocycles. The molecule has 0 amide bonds. The lowest BCUT2D eigenvalue weighted by Gasteiger charge is -2.32. The van der Waals surface area contributed by atoms with Crippen LogP contribution in [-0.4, -0.2) is 29.3 Å². The lowest BCUT2D eigenvalue weighted by Crippen LogP contribution is -2.41. The van der Waals surface area contributed by atoms with Gasteiger partial charge in [0.05, 0.1) is 11.2 Å². The van der Waals surface area contributed by atoms with Crippen LogP contribution in [0.2, 0.25) is 0 Å². The zero-order chi connectivity index (χ0) is 20.4. The third-order valence-corrected chi connectivity index (χ3v) is 6.30. The van der Waals surface area contributed by atoms with E-state index in [4.69, 9.17) is 9.31 Å². The molecule has 2 aromatic rings. The number of benzene rings is 2. The van der Waals surface area contributed by atoms with Crippen LogP contribution >= 0.6 is 0 Å². The molecule has 1 atom stereocenters. The maximum atomic E-state index is 6.24. The second kappa shape index (κ2) is 8.40. The van der Waals surface area contributed by atoms with Gasteiger partial charge in [0.1, 0.15) is 0 Å². The van der Waals surface area contributed by atoms with Crippen molar-refractivity contribution < 1.29 is 9.31 Å². The average molecular weight is 379 g/mol. The molecule has 1 heterocycles. The Morgan fingerprint density at radius 2 is 1.43 bits per heavy atom. The minimum Gasteiger partial charge on any atom is -0.399 e. The third-order valence-electron chi connectivity index (χ3n) is 6.30. The van der Waals surface area contributed by atoms with Gasteiger partial charge in [-0.15, -0.1) is 0 Å². The first-order valence-electron chi connectivity index (χ1n) is 10.4. The van der Waals surface area contributed by atoms with Gasteiger partial charge in [-0.1, -0.05) is 61.5 Å². The fraction of sp³-hybridized carbons (Fsp3) is 0.500. The van der Waals surface area contributed by atoms with Gasteiger partial charge in [-0.05, 0) is 57.6 Å². The van der Waals surface area contributed by atoms with Crippen LogP contribution < -0.4 is 5.46 Å². The van der Waals surface area contributed by atoms with E-state index in [0.717, 1.165) is 25.0 Å². The average Bonchev–Trinajstić information content (AvgIpc) is 2.89. The SMILES string of the molecule is CC[C@H](C)N(Cc1ccccc1)Cc1cccc(B2OC(C)(C)C(C)(C)O2)c1. The highest BCUT2D eigenvalue weighted by molar-refractivity contribution is 6.62. The molecule has 3 rings (SSSR count). The number of hydrogen-bond donors (Lipinski definition) is 0. The molecule has 0 aromatic heterocycles. The van der Waals surface area contributed by atoms with Crippen molar-refractivity contribution in [2.45, 2.75) is 78.3 Å². The van der Waals surface area contributed by atoms with Gasteiger partial charge in [0.2, 0.25) is 0 Å². The molecule has 0 bridgehead atoms. The van der Waals surface area contributed by atoms with E-state index in [-0.39, 0.29) is 18.3 Å². The van der Waals surface area contributed by atoms with Crippen molar-refractivity contribution in [3.05, 3.63) is 65.7 Å². The summed E-state index contributed by atoms with van der Waals surface area (Å²) in [7, 11) is -0.309. The van der Waals surface area contributed by atoms with E-state index >= 15 is 0 Å². The predicted octanol–water partition coefficient (Wildman–Crippen LogP) is 4.79. The zero-order valence-corrected chi connectivity index (χ0v) is 18.2. The molecule has 150 valence electrons. The Labute approximate surface area is 171 Å². The van der Waals surface area contributed by atoms with Crippen LogP contribution in [0.1, 0.15) is 59.1 Å².